The zero-order valence-electron chi connectivity index (χ0n) is 15.5. The summed E-state index contributed by atoms with van der Waals surface area (Å²) in [5.41, 5.74) is 0.833. The van der Waals surface area contributed by atoms with E-state index < -0.39 is 13.4 Å². The Morgan fingerprint density at radius 1 is 0.690 bits per heavy atom. The van der Waals surface area contributed by atoms with Crippen LogP contribution >= 0.6 is 18.9 Å². The first-order valence-corrected chi connectivity index (χ1v) is 11.7. The molecule has 146 valence electrons. The van der Waals surface area contributed by atoms with Gasteiger partial charge in [0.05, 0.1) is 0 Å². The number of hydrogen-bond donors (Lipinski definition) is 1. The SMILES string of the molecule is O=P(Oc1ccccc1)(Oc1ccccc1)C(Nc1ccccc1)c1cccs1. The summed E-state index contributed by atoms with van der Waals surface area (Å²) in [5, 5.41) is 5.31. The molecule has 0 amide bonds. The van der Waals surface area contributed by atoms with Gasteiger partial charge in [-0.05, 0) is 47.8 Å². The average Bonchev–Trinajstić information content (AvgIpc) is 3.28. The molecule has 6 heteroatoms. The van der Waals surface area contributed by atoms with Gasteiger partial charge in [-0.25, -0.2) is 4.57 Å². The highest BCUT2D eigenvalue weighted by atomic mass is 32.1. The summed E-state index contributed by atoms with van der Waals surface area (Å²) in [6.07, 6.45) is 0. The van der Waals surface area contributed by atoms with Crippen LogP contribution in [0.4, 0.5) is 5.69 Å². The fraction of sp³-hybridized carbons (Fsp3) is 0.0435. The van der Waals surface area contributed by atoms with Crippen molar-refractivity contribution in [3.8, 4) is 11.5 Å². The minimum absolute atomic E-state index is 0.489. The Bertz CT molecular complexity index is 1010. The topological polar surface area (TPSA) is 47.6 Å². The van der Waals surface area contributed by atoms with Crippen LogP contribution in [0.2, 0.25) is 0 Å². The van der Waals surface area contributed by atoms with E-state index in [1.165, 1.54) is 11.3 Å². The number of thiophene rings is 1. The molecule has 0 radical (unpaired) electrons. The van der Waals surface area contributed by atoms with Crippen LogP contribution < -0.4 is 14.4 Å². The van der Waals surface area contributed by atoms with Crippen molar-refractivity contribution < 1.29 is 13.6 Å². The average molecular weight is 421 g/mol. The summed E-state index contributed by atoms with van der Waals surface area (Å²) in [5.74, 6) is 0.302. The van der Waals surface area contributed by atoms with Crippen molar-refractivity contribution >= 4 is 24.6 Å². The summed E-state index contributed by atoms with van der Waals surface area (Å²) < 4.78 is 26.3. The molecule has 0 fully saturated rings. The summed E-state index contributed by atoms with van der Waals surface area (Å²) in [6, 6.07) is 31.7. The molecule has 4 aromatic rings. The van der Waals surface area contributed by atoms with Crippen LogP contribution in [0.3, 0.4) is 0 Å². The van der Waals surface area contributed by atoms with Crippen molar-refractivity contribution in [3.05, 3.63) is 113 Å². The first kappa shape index (κ1) is 19.3. The minimum Gasteiger partial charge on any atom is -0.414 e. The largest absolute Gasteiger partial charge is 0.458 e. The fourth-order valence-electron chi connectivity index (χ4n) is 2.83. The molecule has 0 saturated heterocycles. The Labute approximate surface area is 174 Å². The molecule has 1 atom stereocenters. The van der Waals surface area contributed by atoms with Crippen molar-refractivity contribution in [1.29, 1.82) is 0 Å². The standard InChI is InChI=1S/C23H20NO3PS/c25-28(26-20-13-6-2-7-14-20,27-21-15-8-3-9-16-21)23(22-17-10-18-29-22)24-19-11-4-1-5-12-19/h1-18,23-24H. The maximum absolute atomic E-state index is 14.3. The highest BCUT2D eigenvalue weighted by Gasteiger charge is 2.41. The predicted molar refractivity (Wildman–Crippen MR) is 119 cm³/mol. The predicted octanol–water partition coefficient (Wildman–Crippen LogP) is 7.21. The molecule has 1 heterocycles. The van der Waals surface area contributed by atoms with Gasteiger partial charge < -0.3 is 14.4 Å². The monoisotopic (exact) mass is 421 g/mol. The van der Waals surface area contributed by atoms with E-state index in [9.17, 15) is 4.57 Å². The van der Waals surface area contributed by atoms with Gasteiger partial charge in [-0.3, -0.25) is 0 Å². The van der Waals surface area contributed by atoms with Gasteiger partial charge >= 0.3 is 7.60 Å². The second kappa shape index (κ2) is 8.99. The molecule has 0 aliphatic heterocycles. The summed E-state index contributed by atoms with van der Waals surface area (Å²) in [6.45, 7) is 0. The van der Waals surface area contributed by atoms with Crippen molar-refractivity contribution in [2.75, 3.05) is 5.32 Å². The van der Waals surface area contributed by atoms with Gasteiger partial charge in [0.1, 0.15) is 11.5 Å². The van der Waals surface area contributed by atoms with Gasteiger partial charge in [0.15, 0.2) is 5.78 Å². The number of nitrogens with one attached hydrogen (secondary N) is 1. The molecule has 0 bridgehead atoms. The van der Waals surface area contributed by atoms with E-state index in [0.29, 0.717) is 11.5 Å². The Kier molecular flexibility index (Phi) is 5.99. The molecule has 1 N–H and O–H groups in total. The maximum Gasteiger partial charge on any atom is 0.458 e. The van der Waals surface area contributed by atoms with Crippen LogP contribution in [-0.2, 0) is 4.57 Å². The molecule has 1 aromatic heterocycles. The van der Waals surface area contributed by atoms with E-state index in [1.807, 2.05) is 84.2 Å². The van der Waals surface area contributed by atoms with Crippen molar-refractivity contribution in [2.45, 2.75) is 5.78 Å². The Morgan fingerprint density at radius 2 is 1.21 bits per heavy atom. The van der Waals surface area contributed by atoms with Gasteiger partial charge in [-0.2, -0.15) is 0 Å². The minimum atomic E-state index is -3.73. The Hall–Kier alpha value is -3.01. The maximum atomic E-state index is 14.3. The molecule has 1 unspecified atom stereocenters. The molecule has 0 aliphatic carbocycles. The van der Waals surface area contributed by atoms with Crippen LogP contribution in [0.1, 0.15) is 10.7 Å². The van der Waals surface area contributed by atoms with E-state index in [-0.39, 0.29) is 0 Å². The van der Waals surface area contributed by atoms with E-state index in [0.717, 1.165) is 10.6 Å². The summed E-state index contributed by atoms with van der Waals surface area (Å²) in [7, 11) is -3.73. The van der Waals surface area contributed by atoms with Crippen LogP contribution in [0.5, 0.6) is 11.5 Å². The van der Waals surface area contributed by atoms with Gasteiger partial charge in [-0.1, -0.05) is 60.7 Å². The van der Waals surface area contributed by atoms with Gasteiger partial charge in [0.2, 0.25) is 0 Å². The first-order valence-electron chi connectivity index (χ1n) is 9.17. The normalized spacial score (nSPS) is 12.1. The third kappa shape index (κ3) is 4.89. The van der Waals surface area contributed by atoms with E-state index in [1.54, 1.807) is 24.3 Å². The molecule has 4 rings (SSSR count). The smallest absolute Gasteiger partial charge is 0.414 e. The van der Waals surface area contributed by atoms with Crippen LogP contribution in [0.25, 0.3) is 0 Å². The molecule has 0 saturated carbocycles. The van der Waals surface area contributed by atoms with Crippen LogP contribution in [0, 0.1) is 0 Å². The first-order chi connectivity index (χ1) is 14.2. The summed E-state index contributed by atoms with van der Waals surface area (Å²) in [4.78, 5) is 0.865. The van der Waals surface area contributed by atoms with E-state index >= 15 is 0 Å². The Morgan fingerprint density at radius 3 is 1.69 bits per heavy atom. The third-order valence-electron chi connectivity index (χ3n) is 4.16. The number of benzene rings is 3. The Balaban J connectivity index is 1.75. The van der Waals surface area contributed by atoms with Crippen LogP contribution in [-0.4, -0.2) is 0 Å². The number of rotatable bonds is 8. The second-order valence-corrected chi connectivity index (χ2v) is 9.22. The van der Waals surface area contributed by atoms with Crippen LogP contribution in [0.15, 0.2) is 109 Å². The highest BCUT2D eigenvalue weighted by Crippen LogP contribution is 2.60. The third-order valence-corrected chi connectivity index (χ3v) is 7.24. The van der Waals surface area contributed by atoms with E-state index in [4.69, 9.17) is 9.05 Å². The highest BCUT2D eigenvalue weighted by molar-refractivity contribution is 7.55. The van der Waals surface area contributed by atoms with Gasteiger partial charge in [0.25, 0.3) is 0 Å². The molecule has 29 heavy (non-hydrogen) atoms. The number of hydrogen-bond acceptors (Lipinski definition) is 5. The summed E-state index contributed by atoms with van der Waals surface area (Å²) >= 11 is 1.50. The second-order valence-electron chi connectivity index (χ2n) is 6.28. The van der Waals surface area contributed by atoms with Gasteiger partial charge in [-0.15, -0.1) is 11.3 Å². The van der Waals surface area contributed by atoms with Crippen molar-refractivity contribution in [2.24, 2.45) is 0 Å². The molecule has 0 aliphatic rings. The molecule has 3 aromatic carbocycles. The lowest BCUT2D eigenvalue weighted by atomic mass is 10.3. The lowest BCUT2D eigenvalue weighted by Gasteiger charge is -2.28. The van der Waals surface area contributed by atoms with Crippen molar-refractivity contribution in [3.63, 3.8) is 0 Å². The molecular formula is C23H20NO3PS. The lowest BCUT2D eigenvalue weighted by molar-refractivity contribution is 0.377. The molecule has 0 spiro atoms. The lowest BCUT2D eigenvalue weighted by Crippen LogP contribution is -2.17. The van der Waals surface area contributed by atoms with Crippen molar-refractivity contribution in [1.82, 2.24) is 0 Å². The van der Waals surface area contributed by atoms with E-state index in [2.05, 4.69) is 5.32 Å². The van der Waals surface area contributed by atoms with Gasteiger partial charge in [0, 0.05) is 10.6 Å². The molecular weight excluding hydrogens is 401 g/mol. The quantitative estimate of drug-likeness (QED) is 0.305. The zero-order valence-corrected chi connectivity index (χ0v) is 17.3. The molecule has 4 nitrogen and oxygen atoms in total. The number of para-hydroxylation sites is 3. The fourth-order valence-corrected chi connectivity index (χ4v) is 5.84. The zero-order chi connectivity index (χ0) is 19.9. The number of anilines is 1.